The van der Waals surface area contributed by atoms with Crippen LogP contribution < -0.4 is 5.73 Å². The van der Waals surface area contributed by atoms with Crippen LogP contribution in [0.1, 0.15) is 17.4 Å². The Hall–Kier alpha value is -2.14. The molecule has 0 spiro atoms. The number of aromatic nitrogens is 3. The molecule has 0 fully saturated rings. The van der Waals surface area contributed by atoms with Gasteiger partial charge in [0.2, 0.25) is 0 Å². The van der Waals surface area contributed by atoms with E-state index in [1.165, 1.54) is 0 Å². The summed E-state index contributed by atoms with van der Waals surface area (Å²) in [6.07, 6.45) is 0.756. The summed E-state index contributed by atoms with van der Waals surface area (Å²) in [6, 6.07) is 5.94. The third-order valence-electron chi connectivity index (χ3n) is 3.08. The van der Waals surface area contributed by atoms with Gasteiger partial charge in [-0.25, -0.2) is 9.97 Å². The molecule has 0 saturated heterocycles. The first-order chi connectivity index (χ1) is 9.17. The quantitative estimate of drug-likeness (QED) is 0.753. The number of oxazole rings is 1. The molecular formula is C14H16N4O. The molecule has 2 aromatic heterocycles. The molecule has 0 atom stereocenters. The highest BCUT2D eigenvalue weighted by molar-refractivity contribution is 5.80. The summed E-state index contributed by atoms with van der Waals surface area (Å²) in [5, 5.41) is 0. The van der Waals surface area contributed by atoms with E-state index >= 15 is 0 Å². The molecule has 3 rings (SSSR count). The molecule has 1 aromatic carbocycles. The molecular weight excluding hydrogens is 240 g/mol. The predicted molar refractivity (Wildman–Crippen MR) is 73.8 cm³/mol. The molecule has 0 aliphatic carbocycles. The maximum absolute atomic E-state index is 5.55. The summed E-state index contributed by atoms with van der Waals surface area (Å²) < 4.78 is 5.48. The van der Waals surface area contributed by atoms with Gasteiger partial charge in [-0.3, -0.25) is 0 Å². The zero-order chi connectivity index (χ0) is 13.4. The SMILES string of the molecule is Cc1nc2cc(-c3nc(CCN)[nH]c3C)ccc2o1. The van der Waals surface area contributed by atoms with Crippen molar-refractivity contribution in [2.75, 3.05) is 6.54 Å². The monoisotopic (exact) mass is 256 g/mol. The van der Waals surface area contributed by atoms with Gasteiger partial charge in [0.1, 0.15) is 11.3 Å². The van der Waals surface area contributed by atoms with Gasteiger partial charge in [0.05, 0.1) is 5.69 Å². The van der Waals surface area contributed by atoms with Crippen LogP contribution in [-0.4, -0.2) is 21.5 Å². The molecule has 3 aromatic rings. The van der Waals surface area contributed by atoms with Crippen molar-refractivity contribution in [1.29, 1.82) is 0 Å². The summed E-state index contributed by atoms with van der Waals surface area (Å²) in [6.45, 7) is 4.45. The van der Waals surface area contributed by atoms with Crippen molar-refractivity contribution in [3.05, 3.63) is 35.6 Å². The molecule has 0 aliphatic rings. The van der Waals surface area contributed by atoms with E-state index in [1.54, 1.807) is 0 Å². The number of fused-ring (bicyclic) bond motifs is 1. The molecule has 19 heavy (non-hydrogen) atoms. The van der Waals surface area contributed by atoms with Gasteiger partial charge in [0, 0.05) is 24.6 Å². The van der Waals surface area contributed by atoms with Crippen LogP contribution in [0.2, 0.25) is 0 Å². The lowest BCUT2D eigenvalue weighted by Crippen LogP contribution is -2.03. The number of hydrogen-bond donors (Lipinski definition) is 2. The second-order valence-electron chi connectivity index (χ2n) is 4.61. The Kier molecular flexibility index (Phi) is 2.83. The highest BCUT2D eigenvalue weighted by atomic mass is 16.3. The molecule has 0 bridgehead atoms. The van der Waals surface area contributed by atoms with Crippen LogP contribution >= 0.6 is 0 Å². The van der Waals surface area contributed by atoms with Gasteiger partial charge < -0.3 is 15.1 Å². The Balaban J connectivity index is 2.07. The number of nitrogens with zero attached hydrogens (tertiary/aromatic N) is 2. The van der Waals surface area contributed by atoms with Crippen molar-refractivity contribution >= 4 is 11.1 Å². The van der Waals surface area contributed by atoms with Gasteiger partial charge in [-0.05, 0) is 31.7 Å². The fourth-order valence-corrected chi connectivity index (χ4v) is 2.25. The van der Waals surface area contributed by atoms with Crippen molar-refractivity contribution in [1.82, 2.24) is 15.0 Å². The van der Waals surface area contributed by atoms with Crippen LogP contribution in [-0.2, 0) is 6.42 Å². The molecule has 0 aliphatic heterocycles. The number of hydrogen-bond acceptors (Lipinski definition) is 4. The van der Waals surface area contributed by atoms with Gasteiger partial charge in [-0.1, -0.05) is 0 Å². The van der Waals surface area contributed by atoms with Gasteiger partial charge in [-0.15, -0.1) is 0 Å². The van der Waals surface area contributed by atoms with Crippen LogP contribution in [0.25, 0.3) is 22.4 Å². The zero-order valence-corrected chi connectivity index (χ0v) is 11.0. The highest BCUT2D eigenvalue weighted by Gasteiger charge is 2.11. The first-order valence-corrected chi connectivity index (χ1v) is 6.30. The maximum atomic E-state index is 5.55. The normalized spacial score (nSPS) is 11.3. The molecule has 98 valence electrons. The number of imidazole rings is 1. The Morgan fingerprint density at radius 2 is 2.11 bits per heavy atom. The molecule has 3 N–H and O–H groups in total. The minimum atomic E-state index is 0.591. The van der Waals surface area contributed by atoms with Gasteiger partial charge in [0.25, 0.3) is 0 Å². The van der Waals surface area contributed by atoms with Gasteiger partial charge in [-0.2, -0.15) is 0 Å². The average molecular weight is 256 g/mol. The number of rotatable bonds is 3. The summed E-state index contributed by atoms with van der Waals surface area (Å²) >= 11 is 0. The highest BCUT2D eigenvalue weighted by Crippen LogP contribution is 2.25. The Labute approximate surface area is 110 Å². The number of nitrogens with one attached hydrogen (secondary N) is 1. The predicted octanol–water partition coefficient (Wildman–Crippen LogP) is 2.34. The van der Waals surface area contributed by atoms with Crippen LogP contribution in [0.3, 0.4) is 0 Å². The van der Waals surface area contributed by atoms with E-state index in [1.807, 2.05) is 32.0 Å². The average Bonchev–Trinajstić information content (AvgIpc) is 2.90. The van der Waals surface area contributed by atoms with E-state index in [2.05, 4.69) is 15.0 Å². The Morgan fingerprint density at radius 3 is 2.89 bits per heavy atom. The van der Waals surface area contributed by atoms with E-state index in [-0.39, 0.29) is 0 Å². The summed E-state index contributed by atoms with van der Waals surface area (Å²) in [5.74, 6) is 1.60. The molecule has 0 unspecified atom stereocenters. The van der Waals surface area contributed by atoms with Crippen molar-refractivity contribution in [2.45, 2.75) is 20.3 Å². The van der Waals surface area contributed by atoms with Crippen molar-refractivity contribution in [3.8, 4) is 11.3 Å². The van der Waals surface area contributed by atoms with E-state index < -0.39 is 0 Å². The largest absolute Gasteiger partial charge is 0.441 e. The standard InChI is InChI=1S/C14H16N4O/c1-8-14(18-13(16-8)5-6-15)10-3-4-12-11(7-10)17-9(2)19-12/h3-4,7H,5-6,15H2,1-2H3,(H,16,18). The van der Waals surface area contributed by atoms with Crippen molar-refractivity contribution in [3.63, 3.8) is 0 Å². The number of nitrogens with two attached hydrogens (primary N) is 1. The van der Waals surface area contributed by atoms with Gasteiger partial charge >= 0.3 is 0 Å². The molecule has 0 amide bonds. The molecule has 5 heteroatoms. The molecule has 2 heterocycles. The minimum Gasteiger partial charge on any atom is -0.441 e. The Bertz CT molecular complexity index is 726. The lowest BCUT2D eigenvalue weighted by atomic mass is 10.1. The fourth-order valence-electron chi connectivity index (χ4n) is 2.25. The number of H-pyrrole nitrogens is 1. The maximum Gasteiger partial charge on any atom is 0.192 e. The summed E-state index contributed by atoms with van der Waals surface area (Å²) in [4.78, 5) is 12.2. The van der Waals surface area contributed by atoms with Crippen LogP contribution in [0.15, 0.2) is 22.6 Å². The molecule has 5 nitrogen and oxygen atoms in total. The minimum absolute atomic E-state index is 0.591. The van der Waals surface area contributed by atoms with Crippen LogP contribution in [0.5, 0.6) is 0 Å². The number of aryl methyl sites for hydroxylation is 2. The van der Waals surface area contributed by atoms with E-state index in [9.17, 15) is 0 Å². The van der Waals surface area contributed by atoms with E-state index in [4.69, 9.17) is 10.2 Å². The van der Waals surface area contributed by atoms with Crippen LogP contribution in [0, 0.1) is 13.8 Å². The summed E-state index contributed by atoms with van der Waals surface area (Å²) in [7, 11) is 0. The second-order valence-corrected chi connectivity index (χ2v) is 4.61. The topological polar surface area (TPSA) is 80.7 Å². The van der Waals surface area contributed by atoms with Crippen molar-refractivity contribution < 1.29 is 4.42 Å². The smallest absolute Gasteiger partial charge is 0.192 e. The lowest BCUT2D eigenvalue weighted by Gasteiger charge is -1.97. The summed E-state index contributed by atoms with van der Waals surface area (Å²) in [5.41, 5.74) is 10.2. The van der Waals surface area contributed by atoms with Crippen molar-refractivity contribution in [2.24, 2.45) is 5.73 Å². The third-order valence-corrected chi connectivity index (χ3v) is 3.08. The lowest BCUT2D eigenvalue weighted by molar-refractivity contribution is 0.561. The zero-order valence-electron chi connectivity index (χ0n) is 11.0. The van der Waals surface area contributed by atoms with Gasteiger partial charge in [0.15, 0.2) is 11.5 Å². The first-order valence-electron chi connectivity index (χ1n) is 6.30. The van der Waals surface area contributed by atoms with E-state index in [0.717, 1.165) is 40.3 Å². The Morgan fingerprint density at radius 1 is 1.26 bits per heavy atom. The van der Waals surface area contributed by atoms with Crippen LogP contribution in [0.4, 0.5) is 0 Å². The molecule has 0 saturated carbocycles. The molecule has 0 radical (unpaired) electrons. The second kappa shape index (κ2) is 4.51. The third kappa shape index (κ3) is 2.13. The fraction of sp³-hybridized carbons (Fsp3) is 0.286. The van der Waals surface area contributed by atoms with E-state index in [0.29, 0.717) is 12.4 Å². The number of aromatic amines is 1. The number of benzene rings is 1. The first kappa shape index (κ1) is 11.9.